The van der Waals surface area contributed by atoms with Gasteiger partial charge >= 0.3 is 17.9 Å². The van der Waals surface area contributed by atoms with E-state index in [-0.39, 0.29) is 38.3 Å². The predicted octanol–water partition coefficient (Wildman–Crippen LogP) is 0.434. The van der Waals surface area contributed by atoms with Gasteiger partial charge in [0.1, 0.15) is 6.61 Å². The van der Waals surface area contributed by atoms with Crippen molar-refractivity contribution in [2.45, 2.75) is 34.1 Å². The Balaban J connectivity index is 4.47. The molecule has 0 spiro atoms. The molecule has 0 aromatic rings. The number of hydrogen-bond acceptors (Lipinski definition) is 7. The maximum atomic E-state index is 12.0. The van der Waals surface area contributed by atoms with E-state index in [0.29, 0.717) is 6.42 Å². The second kappa shape index (κ2) is 11.4. The first-order valence-electron chi connectivity index (χ1n) is 7.66. The molecule has 0 heterocycles. The monoisotopic (exact) mass is 331 g/mol. The van der Waals surface area contributed by atoms with E-state index in [9.17, 15) is 19.2 Å². The fourth-order valence-corrected chi connectivity index (χ4v) is 1.50. The average Bonchev–Trinajstić information content (AvgIpc) is 2.51. The molecular formula is C15H25NO7. The van der Waals surface area contributed by atoms with Gasteiger partial charge in [0.15, 0.2) is 0 Å². The molecule has 8 heteroatoms. The van der Waals surface area contributed by atoms with Crippen molar-refractivity contribution in [1.82, 2.24) is 5.32 Å². The van der Waals surface area contributed by atoms with Crippen LogP contribution in [0.4, 0.5) is 0 Å². The van der Waals surface area contributed by atoms with E-state index >= 15 is 0 Å². The van der Waals surface area contributed by atoms with Crippen LogP contribution in [-0.4, -0.2) is 50.2 Å². The number of rotatable bonds is 10. The minimum absolute atomic E-state index is 0.0175. The van der Waals surface area contributed by atoms with Crippen LogP contribution in [0.5, 0.6) is 0 Å². The highest BCUT2D eigenvalue weighted by Crippen LogP contribution is 2.05. The van der Waals surface area contributed by atoms with Crippen LogP contribution in [-0.2, 0) is 33.4 Å². The van der Waals surface area contributed by atoms with Gasteiger partial charge in [0.2, 0.25) is 11.8 Å². The standard InChI is InChI=1S/C15H25NO7/c1-5-10(4)13(18)23-9-8-16-12(17)11(14(19)21-6-2)15(20)22-7-3/h10-11H,5-9H2,1-4H3,(H,16,17). The van der Waals surface area contributed by atoms with Gasteiger partial charge in [-0.1, -0.05) is 13.8 Å². The van der Waals surface area contributed by atoms with Crippen LogP contribution in [0.2, 0.25) is 0 Å². The number of ether oxygens (including phenoxy) is 3. The SMILES string of the molecule is CCOC(=O)C(C(=O)NCCOC(=O)C(C)CC)C(=O)OCC. The predicted molar refractivity (Wildman–Crippen MR) is 80.2 cm³/mol. The number of carbonyl (C=O) groups is 4. The Morgan fingerprint density at radius 2 is 1.39 bits per heavy atom. The van der Waals surface area contributed by atoms with Crippen molar-refractivity contribution in [2.24, 2.45) is 11.8 Å². The van der Waals surface area contributed by atoms with Crippen LogP contribution in [0.1, 0.15) is 34.1 Å². The van der Waals surface area contributed by atoms with Crippen LogP contribution < -0.4 is 5.32 Å². The van der Waals surface area contributed by atoms with Crippen molar-refractivity contribution in [3.8, 4) is 0 Å². The lowest BCUT2D eigenvalue weighted by atomic mass is 10.1. The first kappa shape index (κ1) is 20.9. The van der Waals surface area contributed by atoms with Gasteiger partial charge < -0.3 is 19.5 Å². The first-order chi connectivity index (χ1) is 10.9. The Bertz CT molecular complexity index is 404. The second-order valence-electron chi connectivity index (χ2n) is 4.70. The van der Waals surface area contributed by atoms with E-state index in [1.165, 1.54) is 0 Å². The van der Waals surface area contributed by atoms with Gasteiger partial charge in [-0.25, -0.2) is 0 Å². The van der Waals surface area contributed by atoms with E-state index in [0.717, 1.165) is 0 Å². The van der Waals surface area contributed by atoms with Gasteiger partial charge in [0.05, 0.1) is 25.7 Å². The highest BCUT2D eigenvalue weighted by atomic mass is 16.6. The van der Waals surface area contributed by atoms with Crippen molar-refractivity contribution in [2.75, 3.05) is 26.4 Å². The number of esters is 3. The molecule has 132 valence electrons. The molecule has 0 saturated heterocycles. The van der Waals surface area contributed by atoms with Crippen molar-refractivity contribution < 1.29 is 33.4 Å². The van der Waals surface area contributed by atoms with Gasteiger partial charge in [-0.15, -0.1) is 0 Å². The third kappa shape index (κ3) is 7.62. The quantitative estimate of drug-likeness (QED) is 0.268. The smallest absolute Gasteiger partial charge is 0.330 e. The van der Waals surface area contributed by atoms with Crippen molar-refractivity contribution in [1.29, 1.82) is 0 Å². The average molecular weight is 331 g/mol. The summed E-state index contributed by atoms with van der Waals surface area (Å²) in [6.07, 6.45) is 0.652. The van der Waals surface area contributed by atoms with Crippen LogP contribution in [0, 0.1) is 11.8 Å². The molecule has 0 aliphatic rings. The Kier molecular flexibility index (Phi) is 10.4. The maximum Gasteiger partial charge on any atom is 0.330 e. The molecule has 8 nitrogen and oxygen atoms in total. The van der Waals surface area contributed by atoms with Gasteiger partial charge in [-0.3, -0.25) is 19.2 Å². The number of carbonyl (C=O) groups excluding carboxylic acids is 4. The highest BCUT2D eigenvalue weighted by molar-refractivity contribution is 6.14. The molecule has 1 unspecified atom stereocenters. The third-order valence-corrected chi connectivity index (χ3v) is 2.97. The van der Waals surface area contributed by atoms with E-state index in [4.69, 9.17) is 14.2 Å². The van der Waals surface area contributed by atoms with Gasteiger partial charge in [-0.2, -0.15) is 0 Å². The molecule has 0 bridgehead atoms. The van der Waals surface area contributed by atoms with Crippen LogP contribution in [0.25, 0.3) is 0 Å². The van der Waals surface area contributed by atoms with Gasteiger partial charge in [0.25, 0.3) is 0 Å². The molecule has 0 aromatic carbocycles. The third-order valence-electron chi connectivity index (χ3n) is 2.97. The molecule has 0 fully saturated rings. The Morgan fingerprint density at radius 3 is 1.83 bits per heavy atom. The van der Waals surface area contributed by atoms with Crippen molar-refractivity contribution >= 4 is 23.8 Å². The summed E-state index contributed by atoms with van der Waals surface area (Å²) < 4.78 is 14.3. The molecular weight excluding hydrogens is 306 g/mol. The fourth-order valence-electron chi connectivity index (χ4n) is 1.50. The summed E-state index contributed by atoms with van der Waals surface area (Å²) in [4.78, 5) is 46.8. The van der Waals surface area contributed by atoms with E-state index in [2.05, 4.69) is 5.32 Å². The lowest BCUT2D eigenvalue weighted by Crippen LogP contribution is -2.43. The molecule has 0 rings (SSSR count). The Hall–Kier alpha value is -2.12. The summed E-state index contributed by atoms with van der Waals surface area (Å²) in [5, 5.41) is 2.36. The molecule has 0 aliphatic heterocycles. The first-order valence-corrected chi connectivity index (χ1v) is 7.66. The largest absolute Gasteiger partial charge is 0.465 e. The maximum absolute atomic E-state index is 12.0. The lowest BCUT2D eigenvalue weighted by Gasteiger charge is -2.15. The number of nitrogens with one attached hydrogen (secondary N) is 1. The lowest BCUT2D eigenvalue weighted by molar-refractivity contribution is -0.165. The Morgan fingerprint density at radius 1 is 0.870 bits per heavy atom. The summed E-state index contributed by atoms with van der Waals surface area (Å²) in [7, 11) is 0. The molecule has 0 radical (unpaired) electrons. The molecule has 0 aliphatic carbocycles. The fraction of sp³-hybridized carbons (Fsp3) is 0.733. The van der Waals surface area contributed by atoms with Gasteiger partial charge in [-0.05, 0) is 20.3 Å². The molecule has 0 aromatic heterocycles. The van der Waals surface area contributed by atoms with Crippen LogP contribution >= 0.6 is 0 Å². The molecule has 0 saturated carbocycles. The molecule has 1 N–H and O–H groups in total. The van der Waals surface area contributed by atoms with Crippen LogP contribution in [0.3, 0.4) is 0 Å². The van der Waals surface area contributed by atoms with E-state index in [1.807, 2.05) is 6.92 Å². The molecule has 23 heavy (non-hydrogen) atoms. The topological polar surface area (TPSA) is 108 Å². The zero-order valence-electron chi connectivity index (χ0n) is 14.0. The zero-order chi connectivity index (χ0) is 17.8. The number of amides is 1. The van der Waals surface area contributed by atoms with Crippen LogP contribution in [0.15, 0.2) is 0 Å². The van der Waals surface area contributed by atoms with Crippen molar-refractivity contribution in [3.63, 3.8) is 0 Å². The second-order valence-corrected chi connectivity index (χ2v) is 4.70. The van der Waals surface area contributed by atoms with E-state index < -0.39 is 23.8 Å². The van der Waals surface area contributed by atoms with E-state index in [1.54, 1.807) is 20.8 Å². The summed E-state index contributed by atoms with van der Waals surface area (Å²) in [5.74, 6) is -5.06. The minimum Gasteiger partial charge on any atom is -0.465 e. The highest BCUT2D eigenvalue weighted by Gasteiger charge is 2.36. The normalized spacial score (nSPS) is 11.5. The zero-order valence-corrected chi connectivity index (χ0v) is 14.0. The Labute approximate surface area is 135 Å². The molecule has 1 atom stereocenters. The summed E-state index contributed by atoms with van der Waals surface area (Å²) in [6.45, 7) is 6.72. The summed E-state index contributed by atoms with van der Waals surface area (Å²) in [5.41, 5.74) is 0. The minimum atomic E-state index is -1.68. The summed E-state index contributed by atoms with van der Waals surface area (Å²) >= 11 is 0. The summed E-state index contributed by atoms with van der Waals surface area (Å²) in [6, 6.07) is 0. The van der Waals surface area contributed by atoms with Gasteiger partial charge in [0, 0.05) is 0 Å². The van der Waals surface area contributed by atoms with Crippen molar-refractivity contribution in [3.05, 3.63) is 0 Å². The molecule has 1 amide bonds. The number of hydrogen-bond donors (Lipinski definition) is 1.